The van der Waals surface area contributed by atoms with Crippen LogP contribution in [0.15, 0.2) is 0 Å². The Morgan fingerprint density at radius 2 is 1.19 bits per heavy atom. The Balaban J connectivity index is 0. The molecule has 0 aliphatic rings. The third-order valence-electron chi connectivity index (χ3n) is 2.74. The van der Waals surface area contributed by atoms with Crippen LogP contribution in [-0.2, 0) is 21.9 Å². The zero-order chi connectivity index (χ0) is 11.4. The average Bonchev–Trinajstić information content (AvgIpc) is 2.20. The maximum Gasteiger partial charge on any atom is 0.303 e. The smallest absolute Gasteiger partial charge is 0.303 e. The fraction of sp³-hybridized carbons (Fsp3) is 0.923. The molecule has 0 heterocycles. The molecule has 0 fully saturated rings. The van der Waals surface area contributed by atoms with E-state index in [-0.39, 0.29) is 17.1 Å². The summed E-state index contributed by atoms with van der Waals surface area (Å²) in [6.45, 7) is 2.24. The second-order valence-corrected chi connectivity index (χ2v) is 4.33. The van der Waals surface area contributed by atoms with E-state index in [1.807, 2.05) is 0 Å². The Morgan fingerprint density at radius 3 is 1.56 bits per heavy atom. The number of unbranched alkanes of at least 4 members (excludes halogenated alkanes) is 9. The van der Waals surface area contributed by atoms with Gasteiger partial charge in [-0.05, 0) is 6.42 Å². The van der Waals surface area contributed by atoms with Gasteiger partial charge in [0.05, 0.1) is 0 Å². The maximum absolute atomic E-state index is 10.2. The molecule has 0 saturated heterocycles. The summed E-state index contributed by atoms with van der Waals surface area (Å²) < 4.78 is 0. The molecule has 0 aliphatic heterocycles. The van der Waals surface area contributed by atoms with Crippen LogP contribution >= 0.6 is 0 Å². The van der Waals surface area contributed by atoms with Gasteiger partial charge in [0, 0.05) is 23.5 Å². The molecule has 0 aromatic heterocycles. The van der Waals surface area contributed by atoms with Crippen LogP contribution in [-0.4, -0.2) is 11.1 Å². The van der Waals surface area contributed by atoms with Crippen LogP contribution in [0.3, 0.4) is 0 Å². The van der Waals surface area contributed by atoms with E-state index >= 15 is 0 Å². The third-order valence-corrected chi connectivity index (χ3v) is 2.74. The van der Waals surface area contributed by atoms with Gasteiger partial charge in [-0.2, -0.15) is 0 Å². The van der Waals surface area contributed by atoms with Crippen molar-refractivity contribution in [1.29, 1.82) is 0 Å². The molecular weight excluding hydrogens is 244 g/mol. The summed E-state index contributed by atoms with van der Waals surface area (Å²) >= 11 is 0. The number of carboxylic acids is 1. The van der Waals surface area contributed by atoms with E-state index in [1.54, 1.807) is 0 Å². The minimum absolute atomic E-state index is 0. The van der Waals surface area contributed by atoms with Crippen LogP contribution in [0.2, 0.25) is 0 Å². The Labute approximate surface area is 111 Å². The molecule has 0 radical (unpaired) electrons. The molecule has 98 valence electrons. The first-order valence-corrected chi connectivity index (χ1v) is 6.49. The molecule has 0 unspecified atom stereocenters. The zero-order valence-electron chi connectivity index (χ0n) is 10.5. The van der Waals surface area contributed by atoms with E-state index in [9.17, 15) is 4.79 Å². The molecule has 0 saturated carbocycles. The van der Waals surface area contributed by atoms with Gasteiger partial charge < -0.3 is 5.11 Å². The van der Waals surface area contributed by atoms with Crippen molar-refractivity contribution in [3.05, 3.63) is 0 Å². The van der Waals surface area contributed by atoms with Gasteiger partial charge >= 0.3 is 5.97 Å². The third kappa shape index (κ3) is 16.4. The Morgan fingerprint density at radius 1 is 0.812 bits per heavy atom. The number of carbonyl (C=O) groups is 1. The van der Waals surface area contributed by atoms with Gasteiger partial charge in [0.15, 0.2) is 0 Å². The van der Waals surface area contributed by atoms with Gasteiger partial charge in [0.2, 0.25) is 0 Å². The molecule has 0 aromatic rings. The first-order valence-electron chi connectivity index (χ1n) is 6.49. The van der Waals surface area contributed by atoms with Crippen molar-refractivity contribution in [2.75, 3.05) is 0 Å². The van der Waals surface area contributed by atoms with Gasteiger partial charge in [-0.3, -0.25) is 4.79 Å². The molecule has 0 atom stereocenters. The molecule has 0 aromatic carbocycles. The van der Waals surface area contributed by atoms with Gasteiger partial charge in [-0.15, -0.1) is 0 Å². The summed E-state index contributed by atoms with van der Waals surface area (Å²) in [5.74, 6) is -0.658. The number of carboxylic acid groups (broad SMARTS) is 1. The van der Waals surface area contributed by atoms with Crippen molar-refractivity contribution >= 4 is 5.97 Å². The molecule has 0 rings (SSSR count). The number of hydrogen-bond acceptors (Lipinski definition) is 1. The largest absolute Gasteiger partial charge is 0.481 e. The maximum atomic E-state index is 10.2. The Hall–Kier alpha value is -0.0105. The monoisotopic (exact) mass is 270 g/mol. The van der Waals surface area contributed by atoms with E-state index in [4.69, 9.17) is 5.11 Å². The van der Waals surface area contributed by atoms with Gasteiger partial charge in [0.25, 0.3) is 0 Å². The van der Waals surface area contributed by atoms with Gasteiger partial charge in [-0.1, -0.05) is 64.7 Å². The van der Waals surface area contributed by atoms with E-state index in [0.717, 1.165) is 12.8 Å². The average molecular weight is 270 g/mol. The van der Waals surface area contributed by atoms with Gasteiger partial charge in [-0.25, -0.2) is 0 Å². The molecule has 2 nitrogen and oxygen atoms in total. The fourth-order valence-electron chi connectivity index (χ4n) is 1.76. The van der Waals surface area contributed by atoms with Crippen molar-refractivity contribution in [2.45, 2.75) is 77.6 Å². The Kier molecular flexibility index (Phi) is 17.2. The standard InChI is InChI=1S/C13H26O2.Fe/c1-2-3-4-5-6-7-8-9-10-11-12-13(14)15;/h2-12H2,1H3,(H,14,15);. The van der Waals surface area contributed by atoms with Crippen molar-refractivity contribution < 1.29 is 27.0 Å². The Bertz CT molecular complexity index is 149. The van der Waals surface area contributed by atoms with Crippen molar-refractivity contribution in [1.82, 2.24) is 0 Å². The topological polar surface area (TPSA) is 37.3 Å². The van der Waals surface area contributed by atoms with Crippen LogP contribution in [0, 0.1) is 0 Å². The number of aliphatic carboxylic acids is 1. The van der Waals surface area contributed by atoms with Crippen molar-refractivity contribution in [3.8, 4) is 0 Å². The SMILES string of the molecule is CCCCCCCCCCCCC(=O)O.[Fe]. The van der Waals surface area contributed by atoms with Crippen molar-refractivity contribution in [3.63, 3.8) is 0 Å². The van der Waals surface area contributed by atoms with Crippen molar-refractivity contribution in [2.24, 2.45) is 0 Å². The summed E-state index contributed by atoms with van der Waals surface area (Å²) in [5, 5.41) is 8.44. The normalized spacial score (nSPS) is 9.81. The van der Waals surface area contributed by atoms with E-state index in [2.05, 4.69) is 6.92 Å². The van der Waals surface area contributed by atoms with E-state index < -0.39 is 5.97 Å². The summed E-state index contributed by atoms with van der Waals surface area (Å²) in [7, 11) is 0. The minimum Gasteiger partial charge on any atom is -0.481 e. The van der Waals surface area contributed by atoms with Crippen LogP contribution in [0.1, 0.15) is 77.6 Å². The molecule has 3 heteroatoms. The molecule has 0 bridgehead atoms. The summed E-state index contributed by atoms with van der Waals surface area (Å²) in [6, 6.07) is 0. The van der Waals surface area contributed by atoms with Crippen LogP contribution in [0.25, 0.3) is 0 Å². The van der Waals surface area contributed by atoms with E-state index in [1.165, 1.54) is 51.4 Å². The number of hydrogen-bond donors (Lipinski definition) is 1. The summed E-state index contributed by atoms with van der Waals surface area (Å²) in [4.78, 5) is 10.2. The molecular formula is C13H26FeO2. The second kappa shape index (κ2) is 15.0. The fourth-order valence-corrected chi connectivity index (χ4v) is 1.76. The molecule has 0 spiro atoms. The van der Waals surface area contributed by atoms with Gasteiger partial charge in [0.1, 0.15) is 0 Å². The summed E-state index contributed by atoms with van der Waals surface area (Å²) in [5.41, 5.74) is 0. The molecule has 1 N–H and O–H groups in total. The predicted octanol–water partition coefficient (Wildman–Crippen LogP) is 4.38. The van der Waals surface area contributed by atoms with Crippen LogP contribution < -0.4 is 0 Å². The number of rotatable bonds is 11. The van der Waals surface area contributed by atoms with Crippen LogP contribution in [0.4, 0.5) is 0 Å². The predicted molar refractivity (Wildman–Crippen MR) is 64.1 cm³/mol. The summed E-state index contributed by atoms with van der Waals surface area (Å²) in [6.07, 6.45) is 12.9. The first-order chi connectivity index (χ1) is 7.27. The quantitative estimate of drug-likeness (QED) is 0.447. The molecule has 16 heavy (non-hydrogen) atoms. The first kappa shape index (κ1) is 18.4. The second-order valence-electron chi connectivity index (χ2n) is 4.33. The van der Waals surface area contributed by atoms with Crippen LogP contribution in [0.5, 0.6) is 0 Å². The zero-order valence-corrected chi connectivity index (χ0v) is 11.6. The minimum atomic E-state index is -0.658. The molecule has 0 aliphatic carbocycles. The van der Waals surface area contributed by atoms with E-state index in [0.29, 0.717) is 6.42 Å². The molecule has 0 amide bonds.